The van der Waals surface area contributed by atoms with Gasteiger partial charge >= 0.3 is 0 Å². The van der Waals surface area contributed by atoms with E-state index in [4.69, 9.17) is 5.73 Å². The van der Waals surface area contributed by atoms with Crippen molar-refractivity contribution < 1.29 is 0 Å². The number of nitrogens with zero attached hydrogens (tertiary/aromatic N) is 1. The fourth-order valence-electron chi connectivity index (χ4n) is 2.81. The van der Waals surface area contributed by atoms with E-state index in [9.17, 15) is 0 Å². The van der Waals surface area contributed by atoms with Crippen molar-refractivity contribution in [3.8, 4) is 0 Å². The van der Waals surface area contributed by atoms with Crippen molar-refractivity contribution in [2.75, 3.05) is 18.8 Å². The largest absolute Gasteiger partial charge is 0.398 e. The van der Waals surface area contributed by atoms with E-state index in [2.05, 4.69) is 17.0 Å². The molecule has 0 spiro atoms. The predicted octanol–water partition coefficient (Wildman–Crippen LogP) is 1.83. The minimum Gasteiger partial charge on any atom is -0.398 e. The average molecular weight is 202 g/mol. The van der Waals surface area contributed by atoms with Crippen LogP contribution >= 0.6 is 0 Å². The standard InChI is InChI=1S/C13H18N2/c14-13-4-1-3-10-5-6-11(9-12(10)13)15-7-2-8-15/h1,3-4,11H,2,5-9,14H2. The van der Waals surface area contributed by atoms with Crippen molar-refractivity contribution in [2.24, 2.45) is 0 Å². The van der Waals surface area contributed by atoms with Gasteiger partial charge in [-0.05, 0) is 56.0 Å². The van der Waals surface area contributed by atoms with Crippen LogP contribution in [0.1, 0.15) is 24.0 Å². The molecule has 1 aromatic rings. The minimum absolute atomic E-state index is 0.760. The highest BCUT2D eigenvalue weighted by atomic mass is 15.2. The second-order valence-corrected chi connectivity index (χ2v) is 4.77. The van der Waals surface area contributed by atoms with Crippen LogP contribution in [0.5, 0.6) is 0 Å². The number of hydrogen-bond donors (Lipinski definition) is 1. The molecule has 2 nitrogen and oxygen atoms in total. The van der Waals surface area contributed by atoms with Gasteiger partial charge in [0.1, 0.15) is 0 Å². The molecule has 0 amide bonds. The van der Waals surface area contributed by atoms with Gasteiger partial charge in [-0.1, -0.05) is 12.1 Å². The van der Waals surface area contributed by atoms with E-state index in [0.29, 0.717) is 0 Å². The Balaban J connectivity index is 1.85. The Bertz CT molecular complexity index is 369. The Morgan fingerprint density at radius 3 is 2.87 bits per heavy atom. The molecule has 2 N–H and O–H groups in total. The summed E-state index contributed by atoms with van der Waals surface area (Å²) in [5, 5.41) is 0. The number of benzene rings is 1. The zero-order chi connectivity index (χ0) is 10.3. The Kier molecular flexibility index (Phi) is 2.17. The van der Waals surface area contributed by atoms with Crippen molar-refractivity contribution in [1.82, 2.24) is 4.90 Å². The van der Waals surface area contributed by atoms with Crippen LogP contribution in [0.4, 0.5) is 5.69 Å². The van der Waals surface area contributed by atoms with Crippen LogP contribution in [0, 0.1) is 0 Å². The summed E-state index contributed by atoms with van der Waals surface area (Å²) in [6.07, 6.45) is 5.08. The van der Waals surface area contributed by atoms with Crippen LogP contribution in [0.15, 0.2) is 18.2 Å². The molecule has 3 rings (SSSR count). The first-order valence-electron chi connectivity index (χ1n) is 5.95. The third-order valence-electron chi connectivity index (χ3n) is 3.90. The summed E-state index contributed by atoms with van der Waals surface area (Å²) >= 11 is 0. The molecule has 1 heterocycles. The number of aryl methyl sites for hydroxylation is 1. The molecule has 1 unspecified atom stereocenters. The monoisotopic (exact) mass is 202 g/mol. The summed E-state index contributed by atoms with van der Waals surface area (Å²) in [4.78, 5) is 2.61. The van der Waals surface area contributed by atoms with Crippen molar-refractivity contribution in [1.29, 1.82) is 0 Å². The second-order valence-electron chi connectivity index (χ2n) is 4.77. The van der Waals surface area contributed by atoms with Gasteiger partial charge in [-0.25, -0.2) is 0 Å². The maximum atomic E-state index is 6.04. The van der Waals surface area contributed by atoms with Gasteiger partial charge in [0.05, 0.1) is 0 Å². The predicted molar refractivity (Wildman–Crippen MR) is 62.9 cm³/mol. The minimum atomic E-state index is 0.760. The maximum absolute atomic E-state index is 6.04. The second kappa shape index (κ2) is 3.53. The lowest BCUT2D eigenvalue weighted by Crippen LogP contribution is -2.47. The molecule has 0 radical (unpaired) electrons. The molecule has 15 heavy (non-hydrogen) atoms. The summed E-state index contributed by atoms with van der Waals surface area (Å²) in [5.41, 5.74) is 9.94. The van der Waals surface area contributed by atoms with Gasteiger partial charge in [0.15, 0.2) is 0 Å². The fourth-order valence-corrected chi connectivity index (χ4v) is 2.81. The Labute approximate surface area is 91.1 Å². The van der Waals surface area contributed by atoms with Gasteiger partial charge in [-0.2, -0.15) is 0 Å². The van der Waals surface area contributed by atoms with Gasteiger partial charge in [-0.3, -0.25) is 4.90 Å². The Morgan fingerprint density at radius 1 is 1.27 bits per heavy atom. The lowest BCUT2D eigenvalue weighted by Gasteiger charge is -2.41. The van der Waals surface area contributed by atoms with Crippen LogP contribution in [0.3, 0.4) is 0 Å². The molecule has 80 valence electrons. The van der Waals surface area contributed by atoms with E-state index in [1.165, 1.54) is 49.9 Å². The molecule has 0 saturated carbocycles. The normalized spacial score (nSPS) is 25.7. The highest BCUT2D eigenvalue weighted by molar-refractivity contribution is 5.52. The third kappa shape index (κ3) is 1.53. The molecule has 1 atom stereocenters. The zero-order valence-corrected chi connectivity index (χ0v) is 9.08. The van der Waals surface area contributed by atoms with E-state index in [-0.39, 0.29) is 0 Å². The summed E-state index contributed by atoms with van der Waals surface area (Å²) in [5.74, 6) is 0. The smallest absolute Gasteiger partial charge is 0.0349 e. The quantitative estimate of drug-likeness (QED) is 0.704. The first kappa shape index (κ1) is 9.22. The highest BCUT2D eigenvalue weighted by Crippen LogP contribution is 2.30. The third-order valence-corrected chi connectivity index (χ3v) is 3.90. The van der Waals surface area contributed by atoms with E-state index < -0.39 is 0 Å². The molecule has 1 saturated heterocycles. The molecule has 1 aliphatic carbocycles. The summed E-state index contributed by atoms with van der Waals surface area (Å²) < 4.78 is 0. The SMILES string of the molecule is Nc1cccc2c1CC(N1CCC1)CC2. The van der Waals surface area contributed by atoms with E-state index in [0.717, 1.165) is 11.7 Å². The number of fused-ring (bicyclic) bond motifs is 1. The summed E-state index contributed by atoms with van der Waals surface area (Å²) in [6, 6.07) is 7.11. The molecule has 2 aliphatic rings. The van der Waals surface area contributed by atoms with Crippen LogP contribution in [0.25, 0.3) is 0 Å². The maximum Gasteiger partial charge on any atom is 0.0349 e. The van der Waals surface area contributed by atoms with Crippen molar-refractivity contribution in [3.63, 3.8) is 0 Å². The lowest BCUT2D eigenvalue weighted by atomic mass is 9.85. The number of likely N-dealkylation sites (tertiary alicyclic amines) is 1. The Hall–Kier alpha value is -1.02. The Morgan fingerprint density at radius 2 is 2.13 bits per heavy atom. The summed E-state index contributed by atoms with van der Waals surface area (Å²) in [6.45, 7) is 2.60. The first-order chi connectivity index (χ1) is 7.34. The molecular formula is C13H18N2. The van der Waals surface area contributed by atoms with Gasteiger partial charge in [-0.15, -0.1) is 0 Å². The van der Waals surface area contributed by atoms with Crippen molar-refractivity contribution in [3.05, 3.63) is 29.3 Å². The van der Waals surface area contributed by atoms with Crippen molar-refractivity contribution >= 4 is 5.69 Å². The number of nitrogen functional groups attached to an aromatic ring is 1. The van der Waals surface area contributed by atoms with E-state index in [1.807, 2.05) is 6.07 Å². The molecule has 2 heteroatoms. The number of rotatable bonds is 1. The number of anilines is 1. The first-order valence-corrected chi connectivity index (χ1v) is 5.95. The van der Waals surface area contributed by atoms with Crippen LogP contribution in [-0.2, 0) is 12.8 Å². The average Bonchev–Trinajstić information content (AvgIpc) is 2.17. The molecular weight excluding hydrogens is 184 g/mol. The topological polar surface area (TPSA) is 29.3 Å². The van der Waals surface area contributed by atoms with Crippen LogP contribution in [-0.4, -0.2) is 24.0 Å². The van der Waals surface area contributed by atoms with E-state index in [1.54, 1.807) is 0 Å². The van der Waals surface area contributed by atoms with E-state index >= 15 is 0 Å². The molecule has 0 aromatic heterocycles. The summed E-state index contributed by atoms with van der Waals surface area (Å²) in [7, 11) is 0. The van der Waals surface area contributed by atoms with Crippen LogP contribution in [0.2, 0.25) is 0 Å². The molecule has 1 fully saturated rings. The van der Waals surface area contributed by atoms with Crippen molar-refractivity contribution in [2.45, 2.75) is 31.7 Å². The number of hydrogen-bond acceptors (Lipinski definition) is 2. The van der Waals surface area contributed by atoms with Gasteiger partial charge in [0.2, 0.25) is 0 Å². The van der Waals surface area contributed by atoms with Gasteiger partial charge < -0.3 is 5.73 Å². The van der Waals surface area contributed by atoms with Crippen LogP contribution < -0.4 is 5.73 Å². The molecule has 1 aliphatic heterocycles. The van der Waals surface area contributed by atoms with Gasteiger partial charge in [0.25, 0.3) is 0 Å². The molecule has 0 bridgehead atoms. The number of nitrogens with two attached hydrogens (primary N) is 1. The fraction of sp³-hybridized carbons (Fsp3) is 0.538. The lowest BCUT2D eigenvalue weighted by molar-refractivity contribution is 0.107. The van der Waals surface area contributed by atoms with Gasteiger partial charge in [0, 0.05) is 11.7 Å². The highest BCUT2D eigenvalue weighted by Gasteiger charge is 2.28. The zero-order valence-electron chi connectivity index (χ0n) is 9.08. The molecule has 1 aromatic carbocycles.